The summed E-state index contributed by atoms with van der Waals surface area (Å²) in [6.45, 7) is 2.51. The number of Topliss-reactive ketones (excluding diaryl/α,β-unsaturated/α-hetero) is 1. The lowest BCUT2D eigenvalue weighted by atomic mass is 10.0. The van der Waals surface area contributed by atoms with Gasteiger partial charge in [-0.3, -0.25) is 4.79 Å². The molecule has 1 fully saturated rings. The van der Waals surface area contributed by atoms with Crippen LogP contribution in [0.15, 0.2) is 59.5 Å². The molecule has 0 bridgehead atoms. The summed E-state index contributed by atoms with van der Waals surface area (Å²) in [6, 6.07) is 15.5. The van der Waals surface area contributed by atoms with Crippen LogP contribution in [0, 0.1) is 0 Å². The summed E-state index contributed by atoms with van der Waals surface area (Å²) in [6.07, 6.45) is 2.88. The SMILES string of the molecule is O=C(CCCN1CCC(NS(=O)(=O)c2ccc(Cl)cc2)CC1)c1ccccc1. The van der Waals surface area contributed by atoms with Crippen molar-refractivity contribution in [1.29, 1.82) is 0 Å². The van der Waals surface area contributed by atoms with Gasteiger partial charge in [-0.1, -0.05) is 41.9 Å². The Hall–Kier alpha value is -1.73. The van der Waals surface area contributed by atoms with Crippen molar-refractivity contribution in [2.24, 2.45) is 0 Å². The monoisotopic (exact) mass is 420 g/mol. The Morgan fingerprint density at radius 1 is 1.04 bits per heavy atom. The molecular formula is C21H25ClN2O3S. The smallest absolute Gasteiger partial charge is 0.240 e. The molecule has 0 spiro atoms. The predicted octanol–water partition coefficient (Wildman–Crippen LogP) is 3.75. The third-order valence-corrected chi connectivity index (χ3v) is 6.80. The van der Waals surface area contributed by atoms with Gasteiger partial charge in [0, 0.05) is 23.0 Å². The molecule has 1 heterocycles. The molecule has 0 atom stereocenters. The van der Waals surface area contributed by atoms with Crippen molar-refractivity contribution in [1.82, 2.24) is 9.62 Å². The van der Waals surface area contributed by atoms with E-state index < -0.39 is 10.0 Å². The molecule has 1 saturated heterocycles. The molecule has 1 N–H and O–H groups in total. The average molecular weight is 421 g/mol. The zero-order valence-corrected chi connectivity index (χ0v) is 17.3. The van der Waals surface area contributed by atoms with Crippen molar-refractivity contribution >= 4 is 27.4 Å². The number of nitrogens with zero attached hydrogens (tertiary/aromatic N) is 1. The summed E-state index contributed by atoms with van der Waals surface area (Å²) in [4.78, 5) is 14.7. The van der Waals surface area contributed by atoms with Gasteiger partial charge in [-0.05, 0) is 63.2 Å². The highest BCUT2D eigenvalue weighted by Crippen LogP contribution is 2.17. The Kier molecular flexibility index (Phi) is 7.24. The molecule has 150 valence electrons. The number of nitrogens with one attached hydrogen (secondary N) is 1. The van der Waals surface area contributed by atoms with E-state index in [0.29, 0.717) is 11.4 Å². The Morgan fingerprint density at radius 3 is 2.32 bits per heavy atom. The number of carbonyl (C=O) groups is 1. The van der Waals surface area contributed by atoms with Gasteiger partial charge < -0.3 is 4.90 Å². The lowest BCUT2D eigenvalue weighted by Gasteiger charge is -2.32. The maximum atomic E-state index is 12.5. The highest BCUT2D eigenvalue weighted by atomic mass is 35.5. The van der Waals surface area contributed by atoms with E-state index in [0.717, 1.165) is 44.5 Å². The number of benzene rings is 2. The maximum Gasteiger partial charge on any atom is 0.240 e. The fourth-order valence-electron chi connectivity index (χ4n) is 3.41. The number of likely N-dealkylation sites (tertiary alicyclic amines) is 1. The highest BCUT2D eigenvalue weighted by Gasteiger charge is 2.24. The van der Waals surface area contributed by atoms with Gasteiger partial charge in [-0.25, -0.2) is 13.1 Å². The summed E-state index contributed by atoms with van der Waals surface area (Å²) in [7, 11) is -3.52. The van der Waals surface area contributed by atoms with Gasteiger partial charge in [0.15, 0.2) is 5.78 Å². The topological polar surface area (TPSA) is 66.5 Å². The van der Waals surface area contributed by atoms with Crippen LogP contribution < -0.4 is 4.72 Å². The number of rotatable bonds is 8. The number of ketones is 1. The van der Waals surface area contributed by atoms with Gasteiger partial charge >= 0.3 is 0 Å². The van der Waals surface area contributed by atoms with E-state index in [9.17, 15) is 13.2 Å². The van der Waals surface area contributed by atoms with Gasteiger partial charge in [-0.2, -0.15) is 0 Å². The minimum Gasteiger partial charge on any atom is -0.303 e. The largest absolute Gasteiger partial charge is 0.303 e. The Morgan fingerprint density at radius 2 is 1.68 bits per heavy atom. The first-order chi connectivity index (χ1) is 13.4. The minimum atomic E-state index is -3.52. The summed E-state index contributed by atoms with van der Waals surface area (Å²) >= 11 is 5.82. The molecule has 1 aliphatic heterocycles. The van der Waals surface area contributed by atoms with Crippen molar-refractivity contribution in [3.63, 3.8) is 0 Å². The minimum absolute atomic E-state index is 0.0668. The van der Waals surface area contributed by atoms with Gasteiger partial charge in [0.1, 0.15) is 0 Å². The standard InChI is InChI=1S/C21H25ClN2O3S/c22-18-8-10-20(11-9-18)28(26,27)23-19-12-15-24(16-13-19)14-4-7-21(25)17-5-2-1-3-6-17/h1-3,5-6,8-11,19,23H,4,7,12-16H2. The molecular weight excluding hydrogens is 396 g/mol. The zero-order chi connectivity index (χ0) is 20.0. The third-order valence-electron chi connectivity index (χ3n) is 5.01. The average Bonchev–Trinajstić information content (AvgIpc) is 2.70. The second-order valence-corrected chi connectivity index (χ2v) is 9.23. The van der Waals surface area contributed by atoms with E-state index in [1.807, 2.05) is 30.3 Å². The Labute approximate surface area is 171 Å². The molecule has 0 amide bonds. The molecule has 2 aromatic carbocycles. The van der Waals surface area contributed by atoms with Gasteiger partial charge in [0.2, 0.25) is 10.0 Å². The second kappa shape index (κ2) is 9.65. The van der Waals surface area contributed by atoms with E-state index in [1.165, 1.54) is 12.1 Å². The van der Waals surface area contributed by atoms with Crippen molar-refractivity contribution < 1.29 is 13.2 Å². The predicted molar refractivity (Wildman–Crippen MR) is 111 cm³/mol. The second-order valence-electron chi connectivity index (χ2n) is 7.08. The van der Waals surface area contributed by atoms with Crippen LogP contribution in [-0.4, -0.2) is 44.8 Å². The molecule has 2 aromatic rings. The van der Waals surface area contributed by atoms with Crippen molar-refractivity contribution in [3.05, 3.63) is 65.2 Å². The molecule has 0 radical (unpaired) electrons. The van der Waals surface area contributed by atoms with Gasteiger partial charge in [-0.15, -0.1) is 0 Å². The summed E-state index contributed by atoms with van der Waals surface area (Å²) in [5.41, 5.74) is 0.762. The molecule has 1 aliphatic rings. The van der Waals surface area contributed by atoms with E-state index in [2.05, 4.69) is 9.62 Å². The number of hydrogen-bond acceptors (Lipinski definition) is 4. The van der Waals surface area contributed by atoms with Gasteiger partial charge in [0.05, 0.1) is 4.90 Å². The summed E-state index contributed by atoms with van der Waals surface area (Å²) < 4.78 is 27.7. The lowest BCUT2D eigenvalue weighted by Crippen LogP contribution is -2.44. The zero-order valence-electron chi connectivity index (χ0n) is 15.7. The van der Waals surface area contributed by atoms with Crippen LogP contribution in [0.1, 0.15) is 36.0 Å². The molecule has 0 aliphatic carbocycles. The third kappa shape index (κ3) is 5.88. The van der Waals surface area contributed by atoms with Crippen LogP contribution in [0.4, 0.5) is 0 Å². The molecule has 5 nitrogen and oxygen atoms in total. The fraction of sp³-hybridized carbons (Fsp3) is 0.381. The maximum absolute atomic E-state index is 12.5. The molecule has 7 heteroatoms. The molecule has 0 aromatic heterocycles. The molecule has 0 unspecified atom stereocenters. The van der Waals surface area contributed by atoms with Crippen LogP contribution in [0.3, 0.4) is 0 Å². The lowest BCUT2D eigenvalue weighted by molar-refractivity contribution is 0.0972. The van der Waals surface area contributed by atoms with Crippen LogP contribution in [0.25, 0.3) is 0 Å². The normalized spacial score (nSPS) is 16.2. The first-order valence-corrected chi connectivity index (χ1v) is 11.4. The number of piperidine rings is 1. The quantitative estimate of drug-likeness (QED) is 0.660. The van der Waals surface area contributed by atoms with E-state index in [1.54, 1.807) is 12.1 Å². The number of carbonyl (C=O) groups excluding carboxylic acids is 1. The molecule has 0 saturated carbocycles. The number of sulfonamides is 1. The van der Waals surface area contributed by atoms with Crippen molar-refractivity contribution in [3.8, 4) is 0 Å². The van der Waals surface area contributed by atoms with E-state index in [-0.39, 0.29) is 16.7 Å². The number of halogens is 1. The molecule has 3 rings (SSSR count). The van der Waals surface area contributed by atoms with Crippen LogP contribution >= 0.6 is 11.6 Å². The summed E-state index contributed by atoms with van der Waals surface area (Å²) in [5, 5.41) is 0.512. The highest BCUT2D eigenvalue weighted by molar-refractivity contribution is 7.89. The van der Waals surface area contributed by atoms with Crippen LogP contribution in [0.2, 0.25) is 5.02 Å². The van der Waals surface area contributed by atoms with E-state index in [4.69, 9.17) is 11.6 Å². The van der Waals surface area contributed by atoms with E-state index >= 15 is 0 Å². The van der Waals surface area contributed by atoms with Crippen molar-refractivity contribution in [2.45, 2.75) is 36.6 Å². The fourth-order valence-corrected chi connectivity index (χ4v) is 4.84. The Balaban J connectivity index is 1.41. The molecule has 28 heavy (non-hydrogen) atoms. The van der Waals surface area contributed by atoms with Crippen molar-refractivity contribution in [2.75, 3.05) is 19.6 Å². The van der Waals surface area contributed by atoms with Crippen LogP contribution in [0.5, 0.6) is 0 Å². The van der Waals surface area contributed by atoms with Crippen LogP contribution in [-0.2, 0) is 10.0 Å². The first kappa shape index (κ1) is 21.0. The van der Waals surface area contributed by atoms with Gasteiger partial charge in [0.25, 0.3) is 0 Å². The summed E-state index contributed by atoms with van der Waals surface area (Å²) in [5.74, 6) is 0.172. The first-order valence-electron chi connectivity index (χ1n) is 9.52. The number of hydrogen-bond donors (Lipinski definition) is 1. The Bertz CT molecular complexity index is 878.